The van der Waals surface area contributed by atoms with Gasteiger partial charge in [0.2, 0.25) is 0 Å². The molecule has 0 saturated carbocycles. The monoisotopic (exact) mass is 416 g/mol. The van der Waals surface area contributed by atoms with Crippen LogP contribution in [0.25, 0.3) is 11.0 Å². The van der Waals surface area contributed by atoms with E-state index < -0.39 is 10.0 Å². The molecule has 4 rings (SSSR count). The Balaban J connectivity index is 1.50. The summed E-state index contributed by atoms with van der Waals surface area (Å²) >= 11 is 1.21. The molecule has 1 amide bonds. The summed E-state index contributed by atoms with van der Waals surface area (Å²) in [5, 5.41) is 1.75. The summed E-state index contributed by atoms with van der Waals surface area (Å²) in [7, 11) is -3.47. The standard InChI is InChI=1S/C19H20N4O3S2/c1-13-14(2)21-17-12-15(5-6-16(17)20-13)19(24)22-7-9-23(10-8-22)28(25,26)18-4-3-11-27-18/h3-6,11-12H,7-10H2,1-2H3. The van der Waals surface area contributed by atoms with E-state index in [1.807, 2.05) is 13.8 Å². The van der Waals surface area contributed by atoms with Crippen molar-refractivity contribution in [3.05, 3.63) is 52.7 Å². The van der Waals surface area contributed by atoms with E-state index in [0.29, 0.717) is 28.4 Å². The van der Waals surface area contributed by atoms with Crippen LogP contribution in [0.2, 0.25) is 0 Å². The summed E-state index contributed by atoms with van der Waals surface area (Å²) < 4.78 is 27.0. The van der Waals surface area contributed by atoms with E-state index in [2.05, 4.69) is 9.97 Å². The first-order chi connectivity index (χ1) is 13.4. The van der Waals surface area contributed by atoms with Crippen molar-refractivity contribution in [1.82, 2.24) is 19.2 Å². The number of thiophene rings is 1. The fraction of sp³-hybridized carbons (Fsp3) is 0.316. The van der Waals surface area contributed by atoms with Crippen molar-refractivity contribution in [2.45, 2.75) is 18.1 Å². The first-order valence-corrected chi connectivity index (χ1v) is 11.3. The van der Waals surface area contributed by atoms with Gasteiger partial charge < -0.3 is 4.90 Å². The van der Waals surface area contributed by atoms with Gasteiger partial charge in [-0.2, -0.15) is 4.31 Å². The molecule has 0 spiro atoms. The van der Waals surface area contributed by atoms with Crippen LogP contribution in [0.1, 0.15) is 21.7 Å². The lowest BCUT2D eigenvalue weighted by molar-refractivity contribution is 0.0698. The van der Waals surface area contributed by atoms with Crippen LogP contribution in [-0.2, 0) is 10.0 Å². The van der Waals surface area contributed by atoms with Crippen molar-refractivity contribution < 1.29 is 13.2 Å². The fourth-order valence-corrected chi connectivity index (χ4v) is 5.78. The fourth-order valence-electron chi connectivity index (χ4n) is 3.22. The lowest BCUT2D eigenvalue weighted by atomic mass is 10.1. The number of amides is 1. The van der Waals surface area contributed by atoms with Crippen LogP contribution >= 0.6 is 11.3 Å². The molecule has 0 aliphatic carbocycles. The van der Waals surface area contributed by atoms with Crippen LogP contribution < -0.4 is 0 Å². The summed E-state index contributed by atoms with van der Waals surface area (Å²) in [6, 6.07) is 8.65. The third kappa shape index (κ3) is 3.41. The summed E-state index contributed by atoms with van der Waals surface area (Å²) in [4.78, 5) is 23.6. The summed E-state index contributed by atoms with van der Waals surface area (Å²) in [5.74, 6) is -0.116. The van der Waals surface area contributed by atoms with Crippen LogP contribution in [0.3, 0.4) is 0 Å². The second-order valence-electron chi connectivity index (χ2n) is 6.73. The van der Waals surface area contributed by atoms with Gasteiger partial charge in [-0.15, -0.1) is 11.3 Å². The van der Waals surface area contributed by atoms with Crippen LogP contribution in [0.5, 0.6) is 0 Å². The molecule has 1 saturated heterocycles. The minimum absolute atomic E-state index is 0.116. The number of carbonyl (C=O) groups is 1. The predicted molar refractivity (Wildman–Crippen MR) is 108 cm³/mol. The van der Waals surface area contributed by atoms with Gasteiger partial charge in [0.15, 0.2) is 0 Å². The van der Waals surface area contributed by atoms with Crippen LogP contribution in [0, 0.1) is 13.8 Å². The Bertz CT molecular complexity index is 1140. The SMILES string of the molecule is Cc1nc2ccc(C(=O)N3CCN(S(=O)(=O)c4cccs4)CC3)cc2nc1C. The van der Waals surface area contributed by atoms with E-state index in [-0.39, 0.29) is 19.0 Å². The average Bonchev–Trinajstić information content (AvgIpc) is 3.24. The van der Waals surface area contributed by atoms with E-state index in [0.717, 1.165) is 16.9 Å². The van der Waals surface area contributed by atoms with Crippen LogP contribution in [0.15, 0.2) is 39.9 Å². The molecule has 0 unspecified atom stereocenters. The topological polar surface area (TPSA) is 83.5 Å². The van der Waals surface area contributed by atoms with Crippen molar-refractivity contribution in [2.75, 3.05) is 26.2 Å². The molecule has 2 aromatic heterocycles. The summed E-state index contributed by atoms with van der Waals surface area (Å²) in [5.41, 5.74) is 3.69. The number of aryl methyl sites for hydroxylation is 2. The Morgan fingerprint density at radius 2 is 1.68 bits per heavy atom. The van der Waals surface area contributed by atoms with E-state index in [9.17, 15) is 13.2 Å². The number of sulfonamides is 1. The average molecular weight is 417 g/mol. The zero-order valence-corrected chi connectivity index (χ0v) is 17.3. The van der Waals surface area contributed by atoms with Crippen LogP contribution in [-0.4, -0.2) is 59.7 Å². The molecule has 1 aromatic carbocycles. The quantitative estimate of drug-likeness (QED) is 0.655. The second-order valence-corrected chi connectivity index (χ2v) is 9.84. The zero-order chi connectivity index (χ0) is 19.9. The minimum Gasteiger partial charge on any atom is -0.336 e. The maximum atomic E-state index is 12.9. The molecule has 0 bridgehead atoms. The molecule has 1 aliphatic heterocycles. The molecule has 9 heteroatoms. The maximum absolute atomic E-state index is 12.9. The number of hydrogen-bond donors (Lipinski definition) is 0. The first-order valence-electron chi connectivity index (χ1n) is 8.94. The van der Waals surface area contributed by atoms with Gasteiger partial charge in [0.05, 0.1) is 22.4 Å². The van der Waals surface area contributed by atoms with Crippen molar-refractivity contribution in [3.8, 4) is 0 Å². The Labute approximate surface area is 167 Å². The minimum atomic E-state index is -3.47. The Morgan fingerprint density at radius 3 is 2.32 bits per heavy atom. The smallest absolute Gasteiger partial charge is 0.254 e. The van der Waals surface area contributed by atoms with Crippen molar-refractivity contribution >= 4 is 38.3 Å². The molecule has 3 heterocycles. The summed E-state index contributed by atoms with van der Waals surface area (Å²) in [6.45, 7) is 5.10. The highest BCUT2D eigenvalue weighted by atomic mass is 32.2. The molecule has 0 N–H and O–H groups in total. The molecular weight excluding hydrogens is 396 g/mol. The third-order valence-electron chi connectivity index (χ3n) is 4.94. The Morgan fingerprint density at radius 1 is 1.00 bits per heavy atom. The molecule has 1 aliphatic rings. The maximum Gasteiger partial charge on any atom is 0.254 e. The van der Waals surface area contributed by atoms with Crippen molar-refractivity contribution in [1.29, 1.82) is 0 Å². The third-order valence-corrected chi connectivity index (χ3v) is 8.21. The van der Waals surface area contributed by atoms with Gasteiger partial charge in [-0.05, 0) is 43.5 Å². The lowest BCUT2D eigenvalue weighted by Gasteiger charge is -2.33. The summed E-state index contributed by atoms with van der Waals surface area (Å²) in [6.07, 6.45) is 0. The van der Waals surface area contributed by atoms with Gasteiger partial charge in [-0.25, -0.2) is 18.4 Å². The largest absolute Gasteiger partial charge is 0.336 e. The number of benzene rings is 1. The molecule has 0 atom stereocenters. The highest BCUT2D eigenvalue weighted by molar-refractivity contribution is 7.91. The van der Waals surface area contributed by atoms with Crippen molar-refractivity contribution in [3.63, 3.8) is 0 Å². The predicted octanol–water partition coefficient (Wildman–Crippen LogP) is 2.45. The Kier molecular flexibility index (Phi) is 4.90. The second kappa shape index (κ2) is 7.23. The van der Waals surface area contributed by atoms with Gasteiger partial charge in [-0.3, -0.25) is 4.79 Å². The zero-order valence-electron chi connectivity index (χ0n) is 15.6. The molecule has 1 fully saturated rings. The lowest BCUT2D eigenvalue weighted by Crippen LogP contribution is -2.50. The molecule has 28 heavy (non-hydrogen) atoms. The first kappa shape index (κ1) is 19.0. The Hall–Kier alpha value is -2.36. The van der Waals surface area contributed by atoms with Gasteiger partial charge >= 0.3 is 0 Å². The van der Waals surface area contributed by atoms with E-state index in [1.54, 1.807) is 40.6 Å². The van der Waals surface area contributed by atoms with E-state index in [4.69, 9.17) is 0 Å². The van der Waals surface area contributed by atoms with Gasteiger partial charge in [0.25, 0.3) is 15.9 Å². The highest BCUT2D eigenvalue weighted by Crippen LogP contribution is 2.23. The molecule has 146 valence electrons. The molecule has 7 nitrogen and oxygen atoms in total. The van der Waals surface area contributed by atoms with Crippen molar-refractivity contribution in [2.24, 2.45) is 0 Å². The number of aromatic nitrogens is 2. The van der Waals surface area contributed by atoms with Gasteiger partial charge in [-0.1, -0.05) is 6.07 Å². The van der Waals surface area contributed by atoms with E-state index in [1.165, 1.54) is 15.6 Å². The number of rotatable bonds is 3. The number of nitrogens with zero attached hydrogens (tertiary/aromatic N) is 4. The van der Waals surface area contributed by atoms with E-state index >= 15 is 0 Å². The molecular formula is C19H20N4O3S2. The number of hydrogen-bond acceptors (Lipinski definition) is 6. The molecule has 0 radical (unpaired) electrons. The van der Waals surface area contributed by atoms with Crippen LogP contribution in [0.4, 0.5) is 0 Å². The highest BCUT2D eigenvalue weighted by Gasteiger charge is 2.31. The number of carbonyl (C=O) groups excluding carboxylic acids is 1. The number of fused-ring (bicyclic) bond motifs is 1. The van der Waals surface area contributed by atoms with Gasteiger partial charge in [0, 0.05) is 31.7 Å². The van der Waals surface area contributed by atoms with Gasteiger partial charge in [0.1, 0.15) is 4.21 Å². The number of piperazine rings is 1. The normalized spacial score (nSPS) is 15.9. The molecule has 3 aromatic rings.